The van der Waals surface area contributed by atoms with E-state index in [9.17, 15) is 0 Å². The first-order chi connectivity index (χ1) is 7.28. The minimum atomic E-state index is 0.612. The van der Waals surface area contributed by atoms with E-state index >= 15 is 0 Å². The number of halogens is 1. The van der Waals surface area contributed by atoms with E-state index < -0.39 is 0 Å². The van der Waals surface area contributed by atoms with Crippen molar-refractivity contribution < 1.29 is 4.74 Å². The summed E-state index contributed by atoms with van der Waals surface area (Å²) in [5.41, 5.74) is 0.994. The molecule has 0 unspecified atom stereocenters. The zero-order valence-corrected chi connectivity index (χ0v) is 9.99. The number of nitrogens with zero attached hydrogens (tertiary/aromatic N) is 2. The van der Waals surface area contributed by atoms with Gasteiger partial charge in [-0.3, -0.25) is 4.68 Å². The van der Waals surface area contributed by atoms with Gasteiger partial charge in [0.15, 0.2) is 0 Å². The average molecular weight is 267 g/mol. The van der Waals surface area contributed by atoms with E-state index in [-0.39, 0.29) is 0 Å². The van der Waals surface area contributed by atoms with Crippen LogP contribution < -0.4 is 4.74 Å². The second kappa shape index (κ2) is 3.23. The highest BCUT2D eigenvalue weighted by molar-refractivity contribution is 9.10. The van der Waals surface area contributed by atoms with Crippen LogP contribution in [-0.4, -0.2) is 16.9 Å². The van der Waals surface area contributed by atoms with Crippen LogP contribution in [0, 0.1) is 0 Å². The van der Waals surface area contributed by atoms with Crippen molar-refractivity contribution in [1.29, 1.82) is 0 Å². The van der Waals surface area contributed by atoms with Crippen LogP contribution in [0.3, 0.4) is 0 Å². The first-order valence-corrected chi connectivity index (χ1v) is 5.79. The summed E-state index contributed by atoms with van der Waals surface area (Å²) in [6, 6.07) is 4.61. The fourth-order valence-corrected chi connectivity index (χ4v) is 2.20. The zero-order valence-electron chi connectivity index (χ0n) is 8.40. The topological polar surface area (TPSA) is 27.1 Å². The SMILES string of the molecule is COc1cc(Br)cc2nn(C3CC3)cc12. The van der Waals surface area contributed by atoms with E-state index in [1.807, 2.05) is 12.1 Å². The number of hydrogen-bond acceptors (Lipinski definition) is 2. The molecule has 0 bridgehead atoms. The van der Waals surface area contributed by atoms with Crippen molar-refractivity contribution >= 4 is 26.8 Å². The van der Waals surface area contributed by atoms with Crippen molar-refractivity contribution in [1.82, 2.24) is 9.78 Å². The molecule has 2 aromatic rings. The number of benzene rings is 1. The third-order valence-corrected chi connectivity index (χ3v) is 3.17. The van der Waals surface area contributed by atoms with Crippen molar-refractivity contribution in [2.45, 2.75) is 18.9 Å². The molecule has 4 heteroatoms. The van der Waals surface area contributed by atoms with Gasteiger partial charge in [0.2, 0.25) is 0 Å². The summed E-state index contributed by atoms with van der Waals surface area (Å²) < 4.78 is 8.40. The summed E-state index contributed by atoms with van der Waals surface area (Å²) in [4.78, 5) is 0. The molecule has 3 nitrogen and oxygen atoms in total. The van der Waals surface area contributed by atoms with Crippen molar-refractivity contribution in [2.75, 3.05) is 7.11 Å². The van der Waals surface area contributed by atoms with Crippen molar-refractivity contribution in [3.63, 3.8) is 0 Å². The van der Waals surface area contributed by atoms with Gasteiger partial charge in [0.05, 0.1) is 24.1 Å². The molecule has 0 atom stereocenters. The van der Waals surface area contributed by atoms with Crippen molar-refractivity contribution in [3.05, 3.63) is 22.8 Å². The number of fused-ring (bicyclic) bond motifs is 1. The van der Waals surface area contributed by atoms with Crippen LogP contribution in [0.1, 0.15) is 18.9 Å². The monoisotopic (exact) mass is 266 g/mol. The highest BCUT2D eigenvalue weighted by Gasteiger charge is 2.25. The third kappa shape index (κ3) is 1.53. The van der Waals surface area contributed by atoms with E-state index in [0.29, 0.717) is 6.04 Å². The Kier molecular flexibility index (Phi) is 1.99. The lowest BCUT2D eigenvalue weighted by Crippen LogP contribution is -1.92. The molecule has 1 aliphatic carbocycles. The molecule has 1 aliphatic rings. The summed E-state index contributed by atoms with van der Waals surface area (Å²) in [5, 5.41) is 5.64. The Bertz CT molecular complexity index is 517. The van der Waals surface area contributed by atoms with E-state index in [4.69, 9.17) is 4.74 Å². The molecule has 1 aromatic carbocycles. The Morgan fingerprint density at radius 2 is 2.27 bits per heavy atom. The highest BCUT2D eigenvalue weighted by atomic mass is 79.9. The van der Waals surface area contributed by atoms with Gasteiger partial charge in [0, 0.05) is 10.7 Å². The maximum atomic E-state index is 5.34. The summed E-state index contributed by atoms with van der Waals surface area (Å²) in [7, 11) is 1.69. The second-order valence-corrected chi connectivity index (χ2v) is 4.80. The molecule has 1 heterocycles. The van der Waals surface area contributed by atoms with Gasteiger partial charge in [-0.1, -0.05) is 15.9 Å². The van der Waals surface area contributed by atoms with Gasteiger partial charge >= 0.3 is 0 Å². The van der Waals surface area contributed by atoms with Crippen molar-refractivity contribution in [3.8, 4) is 5.75 Å². The molecule has 0 amide bonds. The smallest absolute Gasteiger partial charge is 0.130 e. The van der Waals surface area contributed by atoms with Gasteiger partial charge in [0.1, 0.15) is 5.75 Å². The number of hydrogen-bond donors (Lipinski definition) is 0. The minimum absolute atomic E-state index is 0.612. The van der Waals surface area contributed by atoms with Gasteiger partial charge in [-0.05, 0) is 25.0 Å². The van der Waals surface area contributed by atoms with Gasteiger partial charge in [-0.15, -0.1) is 0 Å². The van der Waals surface area contributed by atoms with Crippen LogP contribution in [0.2, 0.25) is 0 Å². The summed E-state index contributed by atoms with van der Waals surface area (Å²) >= 11 is 3.46. The first kappa shape index (κ1) is 9.21. The van der Waals surface area contributed by atoms with E-state index in [0.717, 1.165) is 21.1 Å². The number of methoxy groups -OCH3 is 1. The summed E-state index contributed by atoms with van der Waals surface area (Å²) in [5.74, 6) is 0.881. The first-order valence-electron chi connectivity index (χ1n) is 5.00. The van der Waals surface area contributed by atoms with Gasteiger partial charge in [-0.25, -0.2) is 0 Å². The average Bonchev–Trinajstić information content (AvgIpc) is 2.98. The van der Waals surface area contributed by atoms with Crippen LogP contribution in [0.4, 0.5) is 0 Å². The Labute approximate surface area is 96.2 Å². The predicted octanol–water partition coefficient (Wildman–Crippen LogP) is 3.14. The Hall–Kier alpha value is -1.03. The van der Waals surface area contributed by atoms with Crippen LogP contribution >= 0.6 is 15.9 Å². The third-order valence-electron chi connectivity index (χ3n) is 2.71. The van der Waals surface area contributed by atoms with Crippen LogP contribution in [0.5, 0.6) is 5.75 Å². The molecular weight excluding hydrogens is 256 g/mol. The fourth-order valence-electron chi connectivity index (χ4n) is 1.77. The fraction of sp³-hybridized carbons (Fsp3) is 0.364. The molecule has 0 spiro atoms. The molecular formula is C11H11BrN2O. The number of ether oxygens (including phenoxy) is 1. The van der Waals surface area contributed by atoms with Crippen molar-refractivity contribution in [2.24, 2.45) is 0 Å². The maximum Gasteiger partial charge on any atom is 0.130 e. The Morgan fingerprint density at radius 1 is 1.47 bits per heavy atom. The standard InChI is InChI=1S/C11H11BrN2O/c1-15-11-5-7(12)4-10-9(11)6-14(13-10)8-2-3-8/h4-6,8H,2-3H2,1H3. The minimum Gasteiger partial charge on any atom is -0.496 e. The zero-order chi connectivity index (χ0) is 10.4. The van der Waals surface area contributed by atoms with Gasteiger partial charge in [-0.2, -0.15) is 5.10 Å². The Balaban J connectivity index is 2.23. The van der Waals surface area contributed by atoms with E-state index in [1.54, 1.807) is 7.11 Å². The molecule has 1 aromatic heterocycles. The van der Waals surface area contributed by atoms with Gasteiger partial charge in [0.25, 0.3) is 0 Å². The van der Waals surface area contributed by atoms with Crippen LogP contribution in [0.25, 0.3) is 10.9 Å². The lowest BCUT2D eigenvalue weighted by molar-refractivity contribution is 0.419. The highest BCUT2D eigenvalue weighted by Crippen LogP contribution is 2.37. The lowest BCUT2D eigenvalue weighted by Gasteiger charge is -2.00. The molecule has 3 rings (SSSR count). The normalized spacial score (nSPS) is 15.9. The maximum absolute atomic E-state index is 5.34. The summed E-state index contributed by atoms with van der Waals surface area (Å²) in [6.07, 6.45) is 4.58. The molecule has 0 aliphatic heterocycles. The Morgan fingerprint density at radius 3 is 2.93 bits per heavy atom. The van der Waals surface area contributed by atoms with E-state index in [2.05, 4.69) is 31.9 Å². The largest absolute Gasteiger partial charge is 0.496 e. The lowest BCUT2D eigenvalue weighted by atomic mass is 10.2. The second-order valence-electron chi connectivity index (χ2n) is 3.88. The predicted molar refractivity (Wildman–Crippen MR) is 62.3 cm³/mol. The quantitative estimate of drug-likeness (QED) is 0.835. The van der Waals surface area contributed by atoms with Crippen LogP contribution in [0.15, 0.2) is 22.8 Å². The molecule has 0 saturated heterocycles. The molecule has 0 radical (unpaired) electrons. The number of aromatic nitrogens is 2. The summed E-state index contributed by atoms with van der Waals surface area (Å²) in [6.45, 7) is 0. The molecule has 1 fully saturated rings. The molecule has 1 saturated carbocycles. The molecule has 15 heavy (non-hydrogen) atoms. The van der Waals surface area contributed by atoms with Gasteiger partial charge < -0.3 is 4.74 Å². The molecule has 78 valence electrons. The van der Waals surface area contributed by atoms with Crippen LogP contribution in [-0.2, 0) is 0 Å². The van der Waals surface area contributed by atoms with E-state index in [1.165, 1.54) is 12.8 Å². The number of rotatable bonds is 2. The molecule has 0 N–H and O–H groups in total.